The first-order valence-corrected chi connectivity index (χ1v) is 10.6. The fourth-order valence-corrected chi connectivity index (χ4v) is 3.73. The normalized spacial score (nSPS) is 13.8. The van der Waals surface area contributed by atoms with Gasteiger partial charge in [0, 0.05) is 48.6 Å². The summed E-state index contributed by atoms with van der Waals surface area (Å²) in [6, 6.07) is 9.68. The number of nitrogens with zero attached hydrogens (tertiary/aromatic N) is 4. The first-order valence-electron chi connectivity index (χ1n) is 10.6. The Morgan fingerprint density at radius 1 is 1.06 bits per heavy atom. The van der Waals surface area contributed by atoms with Gasteiger partial charge in [-0.25, -0.2) is 15.0 Å². The molecule has 0 aliphatic carbocycles. The highest BCUT2D eigenvalue weighted by atomic mass is 16.5. The monoisotopic (exact) mass is 433 g/mol. The molecule has 1 saturated heterocycles. The van der Waals surface area contributed by atoms with E-state index in [2.05, 4.69) is 19.9 Å². The third-order valence-corrected chi connectivity index (χ3v) is 5.43. The topological polar surface area (TPSA) is 146 Å². The van der Waals surface area contributed by atoms with Crippen molar-refractivity contribution in [3.05, 3.63) is 59.5 Å². The van der Waals surface area contributed by atoms with Crippen LogP contribution in [0.15, 0.2) is 42.7 Å². The summed E-state index contributed by atoms with van der Waals surface area (Å²) in [5.74, 6) is 0.287. The van der Waals surface area contributed by atoms with Crippen molar-refractivity contribution in [2.75, 3.05) is 49.2 Å². The number of pyridine rings is 1. The number of morpholine rings is 1. The Bertz CT molecular complexity index is 1100. The van der Waals surface area contributed by atoms with E-state index in [0.29, 0.717) is 31.3 Å². The molecule has 2 aromatic heterocycles. The molecule has 0 atom stereocenters. The molecule has 1 aliphatic rings. The Hall–Kier alpha value is -3.56. The van der Waals surface area contributed by atoms with E-state index in [1.54, 1.807) is 18.5 Å². The van der Waals surface area contributed by atoms with Gasteiger partial charge in [0.2, 0.25) is 0 Å². The van der Waals surface area contributed by atoms with Crippen LogP contribution in [0.4, 0.5) is 17.3 Å². The van der Waals surface area contributed by atoms with Crippen LogP contribution < -0.4 is 22.1 Å². The lowest BCUT2D eigenvalue weighted by Gasteiger charge is -2.30. The minimum atomic E-state index is -0.224. The summed E-state index contributed by atoms with van der Waals surface area (Å²) in [7, 11) is 0. The third-order valence-electron chi connectivity index (χ3n) is 5.43. The van der Waals surface area contributed by atoms with Crippen LogP contribution in [0.25, 0.3) is 11.3 Å². The average Bonchev–Trinajstić information content (AvgIpc) is 2.82. The summed E-state index contributed by atoms with van der Waals surface area (Å²) >= 11 is 0. The fourth-order valence-electron chi connectivity index (χ4n) is 3.73. The van der Waals surface area contributed by atoms with E-state index >= 15 is 0 Å². The molecule has 3 heterocycles. The zero-order chi connectivity index (χ0) is 22.5. The van der Waals surface area contributed by atoms with Gasteiger partial charge >= 0.3 is 0 Å². The molecule has 1 aromatic carbocycles. The van der Waals surface area contributed by atoms with Crippen molar-refractivity contribution in [3.63, 3.8) is 0 Å². The molecule has 9 heteroatoms. The second-order valence-electron chi connectivity index (χ2n) is 7.66. The fraction of sp³-hybridized carbons (Fsp3) is 0.304. The maximum Gasteiger partial charge on any atom is 0.189 e. The van der Waals surface area contributed by atoms with Crippen molar-refractivity contribution < 1.29 is 9.53 Å². The minimum absolute atomic E-state index is 0.0950. The maximum atomic E-state index is 13.2. The molecular formula is C23H27N7O2. The molecule has 3 aromatic rings. The predicted molar refractivity (Wildman–Crippen MR) is 124 cm³/mol. The Morgan fingerprint density at radius 3 is 2.53 bits per heavy atom. The molecule has 1 aliphatic heterocycles. The van der Waals surface area contributed by atoms with Gasteiger partial charge in [-0.05, 0) is 18.5 Å². The molecule has 32 heavy (non-hydrogen) atoms. The highest BCUT2D eigenvalue weighted by molar-refractivity contribution is 6.00. The maximum absolute atomic E-state index is 13.2. The van der Waals surface area contributed by atoms with Gasteiger partial charge in [-0.15, -0.1) is 0 Å². The highest BCUT2D eigenvalue weighted by Crippen LogP contribution is 2.26. The number of ether oxygens (including phenoxy) is 1. The predicted octanol–water partition coefficient (Wildman–Crippen LogP) is 1.47. The summed E-state index contributed by atoms with van der Waals surface area (Å²) in [4.78, 5) is 28.3. The second kappa shape index (κ2) is 9.71. The Morgan fingerprint density at radius 2 is 1.81 bits per heavy atom. The van der Waals surface area contributed by atoms with Crippen LogP contribution in [0.1, 0.15) is 21.6 Å². The molecular weight excluding hydrogens is 406 g/mol. The van der Waals surface area contributed by atoms with Gasteiger partial charge in [-0.1, -0.05) is 24.3 Å². The van der Waals surface area contributed by atoms with Crippen molar-refractivity contribution in [1.82, 2.24) is 15.0 Å². The Labute approximate surface area is 186 Å². The Kier molecular flexibility index (Phi) is 6.58. The van der Waals surface area contributed by atoms with Crippen LogP contribution >= 0.6 is 0 Å². The number of aromatic nitrogens is 3. The van der Waals surface area contributed by atoms with Gasteiger partial charge in [0.05, 0.1) is 25.1 Å². The largest absolute Gasteiger partial charge is 0.384 e. The van der Waals surface area contributed by atoms with E-state index in [1.165, 1.54) is 0 Å². The zero-order valence-electron chi connectivity index (χ0n) is 17.8. The molecule has 0 radical (unpaired) electrons. The minimum Gasteiger partial charge on any atom is -0.384 e. The molecule has 1 fully saturated rings. The quantitative estimate of drug-likeness (QED) is 0.471. The highest BCUT2D eigenvalue weighted by Gasteiger charge is 2.21. The summed E-state index contributed by atoms with van der Waals surface area (Å²) in [6.45, 7) is 3.29. The lowest BCUT2D eigenvalue weighted by Crippen LogP contribution is -2.37. The Balaban J connectivity index is 1.59. The number of anilines is 3. The summed E-state index contributed by atoms with van der Waals surface area (Å²) in [6.07, 6.45) is 4.12. The van der Waals surface area contributed by atoms with Crippen LogP contribution in [0.2, 0.25) is 0 Å². The van der Waals surface area contributed by atoms with Crippen molar-refractivity contribution in [2.24, 2.45) is 5.73 Å². The van der Waals surface area contributed by atoms with Crippen LogP contribution in [0.3, 0.4) is 0 Å². The number of benzene rings is 1. The van der Waals surface area contributed by atoms with E-state index in [-0.39, 0.29) is 23.7 Å². The number of ketones is 1. The number of carbonyl (C=O) groups excluding carboxylic acids is 1. The van der Waals surface area contributed by atoms with E-state index in [4.69, 9.17) is 21.9 Å². The number of hydrogen-bond acceptors (Lipinski definition) is 9. The van der Waals surface area contributed by atoms with Gasteiger partial charge in [0.1, 0.15) is 11.5 Å². The zero-order valence-corrected chi connectivity index (χ0v) is 17.8. The average molecular weight is 434 g/mol. The van der Waals surface area contributed by atoms with E-state index in [0.717, 1.165) is 41.9 Å². The van der Waals surface area contributed by atoms with Crippen molar-refractivity contribution in [3.8, 4) is 11.3 Å². The van der Waals surface area contributed by atoms with Gasteiger partial charge in [-0.2, -0.15) is 0 Å². The summed E-state index contributed by atoms with van der Waals surface area (Å²) in [5.41, 5.74) is 21.9. The number of Topliss-reactive ketones (excluding diaryl/α,β-unsaturated/α-hetero) is 1. The lowest BCUT2D eigenvalue weighted by atomic mass is 10.0. The van der Waals surface area contributed by atoms with E-state index in [9.17, 15) is 4.79 Å². The first-order chi connectivity index (χ1) is 15.5. The number of nitrogens with two attached hydrogens (primary N) is 3. The molecule has 0 amide bonds. The van der Waals surface area contributed by atoms with Crippen LogP contribution in [-0.2, 0) is 17.6 Å². The van der Waals surface area contributed by atoms with Crippen molar-refractivity contribution in [1.29, 1.82) is 0 Å². The second-order valence-corrected chi connectivity index (χ2v) is 7.66. The van der Waals surface area contributed by atoms with Gasteiger partial charge in [0.25, 0.3) is 0 Å². The van der Waals surface area contributed by atoms with E-state index < -0.39 is 0 Å². The summed E-state index contributed by atoms with van der Waals surface area (Å²) in [5, 5.41) is 0. The standard InChI is InChI=1S/C23H27N7O2/c24-6-5-15-1-3-16(4-2-15)18-14-28-23(26)22(29-18)20(31)11-17-13-27-21(25)12-19(17)30-7-9-32-10-8-30/h1-4,12-14H,5-11,24H2,(H2,25,27)(H2,26,28). The SMILES string of the molecule is NCCc1ccc(-c2cnc(N)c(C(=O)Cc3cnc(N)cc3N3CCOCC3)n2)cc1. The number of hydrogen-bond donors (Lipinski definition) is 3. The van der Waals surface area contributed by atoms with Crippen LogP contribution in [0.5, 0.6) is 0 Å². The molecule has 0 saturated carbocycles. The third kappa shape index (κ3) is 4.84. The first kappa shape index (κ1) is 21.7. The van der Waals surface area contributed by atoms with E-state index in [1.807, 2.05) is 24.3 Å². The molecule has 6 N–H and O–H groups in total. The number of rotatable bonds is 7. The smallest absolute Gasteiger partial charge is 0.189 e. The molecule has 166 valence electrons. The van der Waals surface area contributed by atoms with Crippen molar-refractivity contribution in [2.45, 2.75) is 12.8 Å². The molecule has 0 unspecified atom stereocenters. The molecule has 0 spiro atoms. The molecule has 4 rings (SSSR count). The van der Waals surface area contributed by atoms with Crippen LogP contribution in [0, 0.1) is 0 Å². The molecule has 9 nitrogen and oxygen atoms in total. The number of carbonyl (C=O) groups is 1. The number of nitrogen functional groups attached to an aromatic ring is 2. The van der Waals surface area contributed by atoms with Crippen molar-refractivity contribution >= 4 is 23.1 Å². The van der Waals surface area contributed by atoms with Gasteiger partial charge in [0.15, 0.2) is 11.6 Å². The summed E-state index contributed by atoms with van der Waals surface area (Å²) < 4.78 is 5.44. The van der Waals surface area contributed by atoms with Gasteiger partial charge in [-0.3, -0.25) is 4.79 Å². The molecule has 0 bridgehead atoms. The van der Waals surface area contributed by atoms with Gasteiger partial charge < -0.3 is 26.8 Å². The lowest BCUT2D eigenvalue weighted by molar-refractivity contribution is 0.0988. The van der Waals surface area contributed by atoms with Crippen LogP contribution in [-0.4, -0.2) is 53.6 Å².